The Morgan fingerprint density at radius 2 is 2.12 bits per heavy atom. The van der Waals surface area contributed by atoms with Crippen LogP contribution in [0.1, 0.15) is 38.3 Å². The fourth-order valence-electron chi connectivity index (χ4n) is 2.34. The van der Waals surface area contributed by atoms with Gasteiger partial charge in [0.1, 0.15) is 0 Å². The molecule has 1 fully saturated rings. The largest absolute Gasteiger partial charge is 0.378 e. The van der Waals surface area contributed by atoms with Gasteiger partial charge < -0.3 is 10.1 Å². The van der Waals surface area contributed by atoms with Gasteiger partial charge in [0.2, 0.25) is 0 Å². The van der Waals surface area contributed by atoms with Gasteiger partial charge in [-0.25, -0.2) is 0 Å². The van der Waals surface area contributed by atoms with Crippen molar-refractivity contribution < 1.29 is 4.74 Å². The minimum Gasteiger partial charge on any atom is -0.378 e. The normalized spacial score (nSPS) is 25.4. The minimum absolute atomic E-state index is 0.387. The molecule has 2 nitrogen and oxygen atoms in total. The summed E-state index contributed by atoms with van der Waals surface area (Å²) in [5.74, 6) is 0. The predicted octanol–water partition coefficient (Wildman–Crippen LogP) is 3.67. The third kappa shape index (κ3) is 3.30. The Balaban J connectivity index is 1.83. The molecule has 1 aromatic rings. The van der Waals surface area contributed by atoms with E-state index in [1.54, 1.807) is 0 Å². The lowest BCUT2D eigenvalue weighted by atomic mass is 9.88. The van der Waals surface area contributed by atoms with Crippen LogP contribution in [-0.4, -0.2) is 18.8 Å². The first-order valence-corrected chi connectivity index (χ1v) is 7.12. The van der Waals surface area contributed by atoms with Gasteiger partial charge in [-0.1, -0.05) is 34.1 Å². The van der Waals surface area contributed by atoms with Gasteiger partial charge >= 0.3 is 0 Å². The van der Waals surface area contributed by atoms with Crippen molar-refractivity contribution in [3.63, 3.8) is 0 Å². The first-order valence-electron chi connectivity index (χ1n) is 6.32. The van der Waals surface area contributed by atoms with Crippen LogP contribution in [0, 0.1) is 0 Å². The standard InChI is InChI=1S/C14H20BrNO/c1-3-17-12-8-11(9-12)16-10(2)13-6-4-5-7-14(13)15/h4-7,10-12,16H,3,8-9H2,1-2H3/t10-,11?,12?/m1/s1. The SMILES string of the molecule is CCOC1CC(N[C@H](C)c2ccccc2Br)C1. The molecular formula is C14H20BrNO. The molecule has 1 N–H and O–H groups in total. The third-order valence-electron chi connectivity index (χ3n) is 3.35. The lowest BCUT2D eigenvalue weighted by Crippen LogP contribution is -2.46. The van der Waals surface area contributed by atoms with Crippen molar-refractivity contribution in [3.05, 3.63) is 34.3 Å². The second-order valence-corrected chi connectivity index (χ2v) is 5.51. The summed E-state index contributed by atoms with van der Waals surface area (Å²) in [6.45, 7) is 5.11. The van der Waals surface area contributed by atoms with Crippen molar-refractivity contribution in [3.8, 4) is 0 Å². The van der Waals surface area contributed by atoms with E-state index < -0.39 is 0 Å². The van der Waals surface area contributed by atoms with Gasteiger partial charge in [0, 0.05) is 23.2 Å². The zero-order chi connectivity index (χ0) is 12.3. The Hall–Kier alpha value is -0.380. The highest BCUT2D eigenvalue weighted by Gasteiger charge is 2.30. The summed E-state index contributed by atoms with van der Waals surface area (Å²) in [6, 6.07) is 9.39. The molecule has 1 aliphatic carbocycles. The van der Waals surface area contributed by atoms with Crippen LogP contribution in [0.3, 0.4) is 0 Å². The average molecular weight is 298 g/mol. The zero-order valence-corrected chi connectivity index (χ0v) is 12.0. The fraction of sp³-hybridized carbons (Fsp3) is 0.571. The van der Waals surface area contributed by atoms with Crippen LogP contribution >= 0.6 is 15.9 Å². The van der Waals surface area contributed by atoms with E-state index in [0.717, 1.165) is 19.4 Å². The van der Waals surface area contributed by atoms with E-state index in [1.165, 1.54) is 10.0 Å². The van der Waals surface area contributed by atoms with E-state index in [-0.39, 0.29) is 0 Å². The van der Waals surface area contributed by atoms with Crippen LogP contribution in [0.5, 0.6) is 0 Å². The quantitative estimate of drug-likeness (QED) is 0.895. The average Bonchev–Trinajstić information content (AvgIpc) is 2.26. The molecule has 0 radical (unpaired) electrons. The molecule has 3 heteroatoms. The van der Waals surface area contributed by atoms with Gasteiger partial charge in [-0.2, -0.15) is 0 Å². The molecule has 0 saturated heterocycles. The molecule has 1 aromatic carbocycles. The van der Waals surface area contributed by atoms with E-state index in [2.05, 4.69) is 59.4 Å². The van der Waals surface area contributed by atoms with Crippen molar-refractivity contribution in [2.75, 3.05) is 6.61 Å². The molecule has 0 heterocycles. The van der Waals surface area contributed by atoms with Crippen molar-refractivity contribution in [2.45, 2.75) is 44.9 Å². The number of nitrogens with one attached hydrogen (secondary N) is 1. The first kappa shape index (κ1) is 13.1. The van der Waals surface area contributed by atoms with E-state index in [4.69, 9.17) is 4.74 Å². The van der Waals surface area contributed by atoms with Crippen LogP contribution in [-0.2, 0) is 4.74 Å². The van der Waals surface area contributed by atoms with Crippen LogP contribution in [0.2, 0.25) is 0 Å². The second-order valence-electron chi connectivity index (χ2n) is 4.66. The summed E-state index contributed by atoms with van der Waals surface area (Å²) in [4.78, 5) is 0. The minimum atomic E-state index is 0.387. The highest BCUT2D eigenvalue weighted by atomic mass is 79.9. The summed E-state index contributed by atoms with van der Waals surface area (Å²) in [6.07, 6.45) is 2.76. The number of rotatable bonds is 5. The summed E-state index contributed by atoms with van der Waals surface area (Å²) in [7, 11) is 0. The Morgan fingerprint density at radius 1 is 1.41 bits per heavy atom. The Labute approximate surface area is 112 Å². The molecule has 17 heavy (non-hydrogen) atoms. The lowest BCUT2D eigenvalue weighted by molar-refractivity contribution is -0.0120. The van der Waals surface area contributed by atoms with Crippen LogP contribution in [0.15, 0.2) is 28.7 Å². The maximum absolute atomic E-state index is 5.57. The van der Waals surface area contributed by atoms with Gasteiger partial charge in [-0.05, 0) is 38.3 Å². The van der Waals surface area contributed by atoms with Crippen molar-refractivity contribution in [1.82, 2.24) is 5.32 Å². The number of benzene rings is 1. The molecule has 0 aliphatic heterocycles. The number of halogens is 1. The van der Waals surface area contributed by atoms with Crippen LogP contribution in [0.4, 0.5) is 0 Å². The second kappa shape index (κ2) is 5.98. The Morgan fingerprint density at radius 3 is 2.76 bits per heavy atom. The summed E-state index contributed by atoms with van der Waals surface area (Å²) >= 11 is 3.60. The van der Waals surface area contributed by atoms with E-state index >= 15 is 0 Å². The molecule has 1 saturated carbocycles. The van der Waals surface area contributed by atoms with Crippen molar-refractivity contribution >= 4 is 15.9 Å². The Kier molecular flexibility index (Phi) is 4.60. The topological polar surface area (TPSA) is 21.3 Å². The van der Waals surface area contributed by atoms with E-state index in [0.29, 0.717) is 18.2 Å². The molecule has 1 aliphatic rings. The molecule has 0 bridgehead atoms. The molecule has 1 atom stereocenters. The van der Waals surface area contributed by atoms with Crippen LogP contribution in [0.25, 0.3) is 0 Å². The molecule has 0 amide bonds. The maximum Gasteiger partial charge on any atom is 0.0604 e. The van der Waals surface area contributed by atoms with E-state index in [1.807, 2.05) is 0 Å². The lowest BCUT2D eigenvalue weighted by Gasteiger charge is -2.37. The predicted molar refractivity (Wildman–Crippen MR) is 74.1 cm³/mol. The number of hydrogen-bond donors (Lipinski definition) is 1. The van der Waals surface area contributed by atoms with Gasteiger partial charge in [0.15, 0.2) is 0 Å². The van der Waals surface area contributed by atoms with E-state index in [9.17, 15) is 0 Å². The summed E-state index contributed by atoms with van der Waals surface area (Å²) in [5.41, 5.74) is 1.33. The molecular weight excluding hydrogens is 278 g/mol. The van der Waals surface area contributed by atoms with Crippen molar-refractivity contribution in [2.24, 2.45) is 0 Å². The van der Waals surface area contributed by atoms with Gasteiger partial charge in [-0.15, -0.1) is 0 Å². The molecule has 0 aromatic heterocycles. The monoisotopic (exact) mass is 297 g/mol. The summed E-state index contributed by atoms with van der Waals surface area (Å²) < 4.78 is 6.75. The first-order chi connectivity index (χ1) is 8.20. The zero-order valence-electron chi connectivity index (χ0n) is 10.4. The molecule has 0 spiro atoms. The van der Waals surface area contributed by atoms with Crippen molar-refractivity contribution in [1.29, 1.82) is 0 Å². The van der Waals surface area contributed by atoms with Crippen LogP contribution < -0.4 is 5.32 Å². The van der Waals surface area contributed by atoms with Gasteiger partial charge in [-0.3, -0.25) is 0 Å². The third-order valence-corrected chi connectivity index (χ3v) is 4.08. The molecule has 94 valence electrons. The highest BCUT2D eigenvalue weighted by molar-refractivity contribution is 9.10. The smallest absolute Gasteiger partial charge is 0.0604 e. The fourth-order valence-corrected chi connectivity index (χ4v) is 2.97. The molecule has 2 rings (SSSR count). The summed E-state index contributed by atoms with van der Waals surface area (Å²) in [5, 5.41) is 3.65. The van der Waals surface area contributed by atoms with Gasteiger partial charge in [0.05, 0.1) is 6.10 Å². The highest BCUT2D eigenvalue weighted by Crippen LogP contribution is 2.28. The Bertz CT molecular complexity index is 363. The molecule has 0 unspecified atom stereocenters. The number of hydrogen-bond acceptors (Lipinski definition) is 2. The number of ether oxygens (including phenoxy) is 1. The van der Waals surface area contributed by atoms with Gasteiger partial charge in [0.25, 0.3) is 0 Å². The maximum atomic E-state index is 5.57.